The van der Waals surface area contributed by atoms with Gasteiger partial charge >= 0.3 is 6.18 Å². The van der Waals surface area contributed by atoms with Crippen molar-refractivity contribution in [1.82, 2.24) is 9.47 Å². The van der Waals surface area contributed by atoms with Crippen LogP contribution in [0.4, 0.5) is 13.2 Å². The van der Waals surface area contributed by atoms with Crippen LogP contribution in [-0.4, -0.2) is 43.6 Å². The van der Waals surface area contributed by atoms with E-state index in [0.717, 1.165) is 17.2 Å². The van der Waals surface area contributed by atoms with Crippen molar-refractivity contribution in [1.29, 1.82) is 0 Å². The summed E-state index contributed by atoms with van der Waals surface area (Å²) in [5.41, 5.74) is -0.0568. The van der Waals surface area contributed by atoms with Crippen molar-refractivity contribution in [2.45, 2.75) is 17.5 Å². The molecule has 1 heterocycles. The number of sulfonamides is 1. The van der Waals surface area contributed by atoms with Crippen molar-refractivity contribution in [2.24, 2.45) is 12.2 Å². The fourth-order valence-electron chi connectivity index (χ4n) is 1.49. The molecule has 1 aromatic rings. The molecule has 0 aromatic carbocycles. The van der Waals surface area contributed by atoms with Gasteiger partial charge in [0.05, 0.1) is 6.42 Å². The second-order valence-electron chi connectivity index (χ2n) is 4.31. The summed E-state index contributed by atoms with van der Waals surface area (Å²) < 4.78 is 59.7. The second-order valence-corrected chi connectivity index (χ2v) is 5.87. The molecule has 0 aliphatic rings. The molecule has 6 nitrogen and oxygen atoms in total. The molecule has 1 amide bonds. The number of nitrogens with zero attached hydrogens (tertiary/aromatic N) is 2. The van der Waals surface area contributed by atoms with Gasteiger partial charge < -0.3 is 9.47 Å². The van der Waals surface area contributed by atoms with Crippen LogP contribution in [-0.2, 0) is 17.1 Å². The Morgan fingerprint density at radius 3 is 2.40 bits per heavy atom. The average Bonchev–Trinajstić information content (AvgIpc) is 2.66. The standard InChI is InChI=1S/C10H14F3N3O3S/c1-15(4-3-10(11,12)13)9(17)8-5-7(6-16(8)2)20(14,18)19/h5-6H,3-4H2,1-2H3,(H2,14,18,19). The molecule has 0 aliphatic carbocycles. The highest BCUT2D eigenvalue weighted by Gasteiger charge is 2.29. The number of primary sulfonamides is 1. The molecule has 10 heteroatoms. The fraction of sp³-hybridized carbons (Fsp3) is 0.500. The lowest BCUT2D eigenvalue weighted by Crippen LogP contribution is -2.31. The van der Waals surface area contributed by atoms with Crippen molar-refractivity contribution >= 4 is 15.9 Å². The van der Waals surface area contributed by atoms with Gasteiger partial charge in [-0.3, -0.25) is 4.79 Å². The molecule has 20 heavy (non-hydrogen) atoms. The lowest BCUT2D eigenvalue weighted by atomic mass is 10.3. The molecule has 114 valence electrons. The fourth-order valence-corrected chi connectivity index (χ4v) is 2.07. The van der Waals surface area contributed by atoms with Gasteiger partial charge in [-0.25, -0.2) is 13.6 Å². The van der Waals surface area contributed by atoms with Crippen molar-refractivity contribution in [3.63, 3.8) is 0 Å². The molecular formula is C10H14F3N3O3S. The third kappa shape index (κ3) is 4.23. The van der Waals surface area contributed by atoms with Crippen molar-refractivity contribution in [3.8, 4) is 0 Å². The zero-order valence-electron chi connectivity index (χ0n) is 10.8. The van der Waals surface area contributed by atoms with Crippen molar-refractivity contribution < 1.29 is 26.4 Å². The summed E-state index contributed by atoms with van der Waals surface area (Å²) in [5.74, 6) is -0.716. The van der Waals surface area contributed by atoms with Crippen LogP contribution in [0.25, 0.3) is 0 Å². The van der Waals surface area contributed by atoms with Crippen molar-refractivity contribution in [3.05, 3.63) is 18.0 Å². The minimum absolute atomic E-state index is 0.0568. The molecular weight excluding hydrogens is 299 g/mol. The Morgan fingerprint density at radius 2 is 2.00 bits per heavy atom. The number of nitrogens with two attached hydrogens (primary N) is 1. The highest BCUT2D eigenvalue weighted by molar-refractivity contribution is 7.89. The predicted molar refractivity (Wildman–Crippen MR) is 64.4 cm³/mol. The van der Waals surface area contributed by atoms with Gasteiger partial charge in [0.2, 0.25) is 10.0 Å². The van der Waals surface area contributed by atoms with E-state index >= 15 is 0 Å². The van der Waals surface area contributed by atoms with Gasteiger partial charge in [-0.2, -0.15) is 13.2 Å². The van der Waals surface area contributed by atoms with Gasteiger partial charge in [-0.1, -0.05) is 0 Å². The van der Waals surface area contributed by atoms with Crippen LogP contribution >= 0.6 is 0 Å². The molecule has 0 unspecified atom stereocenters. The monoisotopic (exact) mass is 313 g/mol. The molecule has 1 aromatic heterocycles. The number of hydrogen-bond donors (Lipinski definition) is 1. The lowest BCUT2D eigenvalue weighted by molar-refractivity contribution is -0.136. The van der Waals surface area contributed by atoms with E-state index in [1.807, 2.05) is 0 Å². The summed E-state index contributed by atoms with van der Waals surface area (Å²) in [4.78, 5) is 12.5. The molecule has 0 bridgehead atoms. The minimum atomic E-state index is -4.37. The van der Waals surface area contributed by atoms with Crippen LogP contribution in [0.3, 0.4) is 0 Å². The summed E-state index contributed by atoms with van der Waals surface area (Å²) in [6.07, 6.45) is -4.38. The molecule has 0 fully saturated rings. The molecule has 0 spiro atoms. The third-order valence-corrected chi connectivity index (χ3v) is 3.49. The summed E-state index contributed by atoms with van der Waals surface area (Å²) in [7, 11) is -1.36. The van der Waals surface area contributed by atoms with E-state index < -0.39 is 35.1 Å². The topological polar surface area (TPSA) is 85.4 Å². The number of carbonyl (C=O) groups excluding carboxylic acids is 1. The number of aromatic nitrogens is 1. The van der Waals surface area contributed by atoms with Crippen LogP contribution in [0.5, 0.6) is 0 Å². The highest BCUT2D eigenvalue weighted by Crippen LogP contribution is 2.20. The van der Waals surface area contributed by atoms with E-state index in [0.29, 0.717) is 0 Å². The van der Waals surface area contributed by atoms with Crippen molar-refractivity contribution in [2.75, 3.05) is 13.6 Å². The summed E-state index contributed by atoms with van der Waals surface area (Å²) in [6, 6.07) is 1.03. The number of aryl methyl sites for hydroxylation is 1. The van der Waals surface area contributed by atoms with E-state index in [1.54, 1.807) is 0 Å². The number of hydrogen-bond acceptors (Lipinski definition) is 3. The van der Waals surface area contributed by atoms with Gasteiger partial charge in [-0.05, 0) is 6.07 Å². The largest absolute Gasteiger partial charge is 0.390 e. The van der Waals surface area contributed by atoms with E-state index in [4.69, 9.17) is 5.14 Å². The Balaban J connectivity index is 2.90. The number of halogens is 3. The van der Waals surface area contributed by atoms with Crippen LogP contribution in [0.2, 0.25) is 0 Å². The minimum Gasteiger partial charge on any atom is -0.345 e. The summed E-state index contributed by atoms with van der Waals surface area (Å²) in [5, 5.41) is 4.92. The van der Waals surface area contributed by atoms with Gasteiger partial charge in [0.25, 0.3) is 5.91 Å². The molecule has 1 rings (SSSR count). The Labute approximate surface area is 114 Å². The van der Waals surface area contributed by atoms with Gasteiger partial charge in [0.1, 0.15) is 10.6 Å². The third-order valence-electron chi connectivity index (χ3n) is 2.60. The maximum absolute atomic E-state index is 12.1. The first-order chi connectivity index (χ1) is 8.92. The summed E-state index contributed by atoms with van der Waals surface area (Å²) >= 11 is 0. The van der Waals surface area contributed by atoms with E-state index in [-0.39, 0.29) is 10.6 Å². The Bertz CT molecular complexity index is 607. The van der Waals surface area contributed by atoms with Gasteiger partial charge in [0, 0.05) is 26.8 Å². The Morgan fingerprint density at radius 1 is 1.45 bits per heavy atom. The van der Waals surface area contributed by atoms with E-state index in [1.165, 1.54) is 18.7 Å². The Hall–Kier alpha value is -1.55. The first-order valence-electron chi connectivity index (χ1n) is 5.43. The summed E-state index contributed by atoms with van der Waals surface area (Å²) in [6.45, 7) is -0.516. The predicted octanol–water partition coefficient (Wildman–Crippen LogP) is 0.697. The Kier molecular flexibility index (Phi) is 4.49. The maximum Gasteiger partial charge on any atom is 0.390 e. The lowest BCUT2D eigenvalue weighted by Gasteiger charge is -2.18. The SMILES string of the molecule is CN(CCC(F)(F)F)C(=O)c1cc(S(N)(=O)=O)cn1C. The van der Waals surface area contributed by atoms with E-state index in [9.17, 15) is 26.4 Å². The van der Waals surface area contributed by atoms with E-state index in [2.05, 4.69) is 0 Å². The quantitative estimate of drug-likeness (QED) is 0.888. The number of alkyl halides is 3. The van der Waals surface area contributed by atoms with Gasteiger partial charge in [0.15, 0.2) is 0 Å². The molecule has 2 N–H and O–H groups in total. The zero-order valence-corrected chi connectivity index (χ0v) is 11.6. The molecule has 0 aliphatic heterocycles. The number of carbonyl (C=O) groups is 1. The highest BCUT2D eigenvalue weighted by atomic mass is 32.2. The molecule has 0 saturated carbocycles. The van der Waals surface area contributed by atoms with Crippen LogP contribution < -0.4 is 5.14 Å². The van der Waals surface area contributed by atoms with Crippen LogP contribution in [0, 0.1) is 0 Å². The number of amides is 1. The average molecular weight is 313 g/mol. The first-order valence-corrected chi connectivity index (χ1v) is 6.98. The maximum atomic E-state index is 12.1. The zero-order chi connectivity index (χ0) is 15.7. The normalized spacial score (nSPS) is 12.5. The smallest absolute Gasteiger partial charge is 0.345 e. The van der Waals surface area contributed by atoms with Gasteiger partial charge in [-0.15, -0.1) is 0 Å². The molecule has 0 saturated heterocycles. The second kappa shape index (κ2) is 5.44. The molecule has 0 radical (unpaired) electrons. The number of rotatable bonds is 4. The van der Waals surface area contributed by atoms with Crippen LogP contribution in [0.1, 0.15) is 16.9 Å². The first kappa shape index (κ1) is 16.5. The molecule has 0 atom stereocenters. The van der Waals surface area contributed by atoms with Crippen LogP contribution in [0.15, 0.2) is 17.2 Å².